The molecule has 0 spiro atoms. The van der Waals surface area contributed by atoms with E-state index in [0.717, 1.165) is 38.8 Å². The molecule has 1 fully saturated rings. The van der Waals surface area contributed by atoms with Crippen LogP contribution in [0.5, 0.6) is 11.5 Å². The molecule has 1 saturated heterocycles. The molecule has 0 saturated carbocycles. The van der Waals surface area contributed by atoms with Gasteiger partial charge >= 0.3 is 6.09 Å². The van der Waals surface area contributed by atoms with Crippen LogP contribution in [-0.4, -0.2) is 54.9 Å². The van der Waals surface area contributed by atoms with Crippen LogP contribution in [0.1, 0.15) is 44.6 Å². The van der Waals surface area contributed by atoms with Crippen molar-refractivity contribution >= 4 is 18.1 Å². The van der Waals surface area contributed by atoms with Crippen molar-refractivity contribution in [2.45, 2.75) is 39.0 Å². The molecule has 7 nitrogen and oxygen atoms in total. The van der Waals surface area contributed by atoms with Crippen LogP contribution in [-0.2, 0) is 9.53 Å². The van der Waals surface area contributed by atoms with Crippen LogP contribution in [0.4, 0.5) is 4.79 Å². The van der Waals surface area contributed by atoms with Gasteiger partial charge in [0.05, 0.1) is 13.2 Å². The maximum absolute atomic E-state index is 12.2. The Morgan fingerprint density at radius 2 is 2.00 bits per heavy atom. The predicted octanol–water partition coefficient (Wildman–Crippen LogP) is 3.32. The summed E-state index contributed by atoms with van der Waals surface area (Å²) in [5.41, 5.74) is 0.551. The average molecular weight is 390 g/mol. The van der Waals surface area contributed by atoms with Crippen molar-refractivity contribution in [3.05, 3.63) is 29.8 Å². The number of likely N-dealkylation sites (tertiary alicyclic amines) is 1. The van der Waals surface area contributed by atoms with E-state index in [2.05, 4.69) is 5.32 Å². The molecule has 1 aliphatic rings. The highest BCUT2D eigenvalue weighted by atomic mass is 16.5. The van der Waals surface area contributed by atoms with Crippen LogP contribution in [0.15, 0.2) is 24.3 Å². The molecule has 2 rings (SSSR count). The number of hydrogen-bond donors (Lipinski definition) is 2. The fraction of sp³-hybridized carbons (Fsp3) is 0.524. The number of ether oxygens (including phenoxy) is 2. The van der Waals surface area contributed by atoms with E-state index >= 15 is 0 Å². The van der Waals surface area contributed by atoms with E-state index in [1.54, 1.807) is 18.2 Å². The van der Waals surface area contributed by atoms with Crippen LogP contribution in [0.2, 0.25) is 0 Å². The quantitative estimate of drug-likeness (QED) is 0.499. The molecule has 0 aromatic heterocycles. The Balaban J connectivity index is 1.74. The number of phenolic OH excluding ortho intramolecular Hbond substituents is 1. The van der Waals surface area contributed by atoms with Crippen LogP contribution >= 0.6 is 0 Å². The summed E-state index contributed by atoms with van der Waals surface area (Å²) < 4.78 is 10.5. The third kappa shape index (κ3) is 7.50. The molecular weight excluding hydrogens is 360 g/mol. The van der Waals surface area contributed by atoms with Gasteiger partial charge in [0.2, 0.25) is 5.91 Å². The maximum atomic E-state index is 12.2. The number of hydrogen-bond acceptors (Lipinski definition) is 5. The van der Waals surface area contributed by atoms with Gasteiger partial charge < -0.3 is 24.8 Å². The number of nitrogens with zero attached hydrogens (tertiary/aromatic N) is 1. The summed E-state index contributed by atoms with van der Waals surface area (Å²) in [5, 5.41) is 12.7. The number of rotatable bonds is 9. The molecule has 1 heterocycles. The van der Waals surface area contributed by atoms with Crippen LogP contribution in [0, 0.1) is 0 Å². The lowest BCUT2D eigenvalue weighted by molar-refractivity contribution is -0.126. The number of carbonyl (C=O) groups excluding carboxylic acids is 2. The molecule has 1 aliphatic heterocycles. The second kappa shape index (κ2) is 11.9. The van der Waals surface area contributed by atoms with Gasteiger partial charge in [0.1, 0.15) is 18.1 Å². The Morgan fingerprint density at radius 1 is 1.21 bits per heavy atom. The van der Waals surface area contributed by atoms with Crippen LogP contribution in [0.25, 0.3) is 6.08 Å². The van der Waals surface area contributed by atoms with Crippen molar-refractivity contribution in [1.29, 1.82) is 0 Å². The first-order valence-corrected chi connectivity index (χ1v) is 9.93. The summed E-state index contributed by atoms with van der Waals surface area (Å²) in [6, 6.07) is 4.89. The van der Waals surface area contributed by atoms with E-state index in [-0.39, 0.29) is 18.3 Å². The molecule has 0 atom stereocenters. The standard InChI is InChI=1S/C21H30N2O5/c1-2-3-14-28-21(26)22-11-15-27-18-9-7-17(19(24)16-18)8-10-20(25)23-12-5-4-6-13-23/h7-10,16,24H,2-6,11-15H2,1H3,(H,22,26)/b10-8+. The highest BCUT2D eigenvalue weighted by Gasteiger charge is 2.13. The van der Waals surface area contributed by atoms with Crippen molar-refractivity contribution < 1.29 is 24.2 Å². The third-order valence-electron chi connectivity index (χ3n) is 4.45. The molecule has 0 unspecified atom stereocenters. The minimum absolute atomic E-state index is 0.0312. The number of nitrogens with one attached hydrogen (secondary N) is 1. The topological polar surface area (TPSA) is 88.1 Å². The fourth-order valence-electron chi connectivity index (χ4n) is 2.82. The van der Waals surface area contributed by atoms with Crippen molar-refractivity contribution in [3.8, 4) is 11.5 Å². The minimum Gasteiger partial charge on any atom is -0.507 e. The number of amides is 2. The van der Waals surface area contributed by atoms with E-state index in [1.807, 2.05) is 11.8 Å². The van der Waals surface area contributed by atoms with E-state index in [9.17, 15) is 14.7 Å². The van der Waals surface area contributed by atoms with Gasteiger partial charge in [-0.3, -0.25) is 4.79 Å². The molecule has 0 radical (unpaired) electrons. The number of aromatic hydroxyl groups is 1. The summed E-state index contributed by atoms with van der Waals surface area (Å²) in [6.07, 6.45) is 7.72. The molecule has 7 heteroatoms. The zero-order valence-electron chi connectivity index (χ0n) is 16.5. The van der Waals surface area contributed by atoms with E-state index in [0.29, 0.717) is 24.5 Å². The van der Waals surface area contributed by atoms with E-state index in [4.69, 9.17) is 9.47 Å². The van der Waals surface area contributed by atoms with Crippen LogP contribution < -0.4 is 10.1 Å². The van der Waals surface area contributed by atoms with Crippen molar-refractivity contribution in [2.24, 2.45) is 0 Å². The van der Waals surface area contributed by atoms with Crippen LogP contribution in [0.3, 0.4) is 0 Å². The first-order valence-electron chi connectivity index (χ1n) is 9.93. The van der Waals surface area contributed by atoms with Gasteiger partial charge in [0, 0.05) is 30.8 Å². The van der Waals surface area contributed by atoms with Gasteiger partial charge in [-0.05, 0) is 43.9 Å². The molecule has 2 amide bonds. The lowest BCUT2D eigenvalue weighted by Crippen LogP contribution is -2.34. The molecule has 28 heavy (non-hydrogen) atoms. The second-order valence-corrected chi connectivity index (χ2v) is 6.70. The van der Waals surface area contributed by atoms with Gasteiger partial charge in [-0.2, -0.15) is 0 Å². The lowest BCUT2D eigenvalue weighted by Gasteiger charge is -2.25. The van der Waals surface area contributed by atoms with Crippen molar-refractivity contribution in [3.63, 3.8) is 0 Å². The zero-order chi connectivity index (χ0) is 20.2. The Morgan fingerprint density at radius 3 is 2.71 bits per heavy atom. The SMILES string of the molecule is CCCCOC(=O)NCCOc1ccc(/C=C/C(=O)N2CCCCC2)c(O)c1. The molecule has 0 aliphatic carbocycles. The van der Waals surface area contributed by atoms with E-state index < -0.39 is 6.09 Å². The maximum Gasteiger partial charge on any atom is 0.407 e. The second-order valence-electron chi connectivity index (χ2n) is 6.70. The number of phenols is 1. The summed E-state index contributed by atoms with van der Waals surface area (Å²) in [4.78, 5) is 25.4. The highest BCUT2D eigenvalue weighted by molar-refractivity contribution is 5.92. The number of piperidine rings is 1. The van der Waals surface area contributed by atoms with Gasteiger partial charge in [-0.15, -0.1) is 0 Å². The smallest absolute Gasteiger partial charge is 0.407 e. The van der Waals surface area contributed by atoms with E-state index in [1.165, 1.54) is 18.6 Å². The molecule has 1 aromatic carbocycles. The first kappa shape index (κ1) is 21.6. The molecule has 1 aromatic rings. The Labute approximate surface area is 166 Å². The van der Waals surface area contributed by atoms with Gasteiger partial charge in [0.15, 0.2) is 0 Å². The molecule has 154 valence electrons. The Hall–Kier alpha value is -2.70. The predicted molar refractivity (Wildman–Crippen MR) is 107 cm³/mol. The van der Waals surface area contributed by atoms with Crippen molar-refractivity contribution in [2.75, 3.05) is 32.8 Å². The fourth-order valence-corrected chi connectivity index (χ4v) is 2.82. The summed E-state index contributed by atoms with van der Waals surface area (Å²) in [6.45, 7) is 4.58. The minimum atomic E-state index is -0.459. The Bertz CT molecular complexity index is 669. The summed E-state index contributed by atoms with van der Waals surface area (Å²) in [5.74, 6) is 0.488. The average Bonchev–Trinajstić information content (AvgIpc) is 2.71. The number of unbranched alkanes of at least 4 members (excludes halogenated alkanes) is 1. The lowest BCUT2D eigenvalue weighted by atomic mass is 10.1. The number of alkyl carbamates (subject to hydrolysis) is 1. The zero-order valence-corrected chi connectivity index (χ0v) is 16.5. The Kier molecular flexibility index (Phi) is 9.18. The largest absolute Gasteiger partial charge is 0.507 e. The summed E-state index contributed by atoms with van der Waals surface area (Å²) in [7, 11) is 0. The van der Waals surface area contributed by atoms with Gasteiger partial charge in [0.25, 0.3) is 0 Å². The summed E-state index contributed by atoms with van der Waals surface area (Å²) >= 11 is 0. The number of carbonyl (C=O) groups is 2. The third-order valence-corrected chi connectivity index (χ3v) is 4.45. The normalized spacial score (nSPS) is 14.1. The van der Waals surface area contributed by atoms with Gasteiger partial charge in [-0.25, -0.2) is 4.79 Å². The molecular formula is C21H30N2O5. The highest BCUT2D eigenvalue weighted by Crippen LogP contribution is 2.24. The van der Waals surface area contributed by atoms with Gasteiger partial charge in [-0.1, -0.05) is 13.3 Å². The molecule has 2 N–H and O–H groups in total. The first-order chi connectivity index (χ1) is 13.6. The van der Waals surface area contributed by atoms with Crippen molar-refractivity contribution in [1.82, 2.24) is 10.2 Å². The molecule has 0 bridgehead atoms. The monoisotopic (exact) mass is 390 g/mol. The number of benzene rings is 1.